The molecule has 0 rings (SSSR count). The second-order valence-corrected chi connectivity index (χ2v) is 16.9. The quantitative estimate of drug-likeness (QED) is 0.0246. The number of allylic oxidation sites excluding steroid dienone is 12. The van der Waals surface area contributed by atoms with Gasteiger partial charge in [0.05, 0.1) is 25.2 Å². The zero-order chi connectivity index (χ0) is 43.8. The number of hydrogen-bond acceptors (Lipinski definition) is 5. The maximum Gasteiger partial charge on any atom is 0.306 e. The first kappa shape index (κ1) is 57.3. The zero-order valence-electron chi connectivity index (χ0n) is 39.3. The van der Waals surface area contributed by atoms with Crippen molar-refractivity contribution in [3.63, 3.8) is 0 Å². The van der Waals surface area contributed by atoms with Crippen LogP contribution in [0.2, 0.25) is 0 Å². The van der Waals surface area contributed by atoms with Gasteiger partial charge in [0.25, 0.3) is 0 Å². The second-order valence-electron chi connectivity index (χ2n) is 16.9. The van der Waals surface area contributed by atoms with Crippen LogP contribution in [-0.4, -0.2) is 46.9 Å². The molecule has 60 heavy (non-hydrogen) atoms. The van der Waals surface area contributed by atoms with Crippen molar-refractivity contribution >= 4 is 11.9 Å². The van der Waals surface area contributed by atoms with E-state index in [4.69, 9.17) is 4.74 Å². The average Bonchev–Trinajstić information content (AvgIpc) is 3.24. The predicted molar refractivity (Wildman–Crippen MR) is 259 cm³/mol. The van der Waals surface area contributed by atoms with E-state index in [1.807, 2.05) is 36.5 Å². The average molecular weight is 838 g/mol. The number of carbonyl (C=O) groups is 2. The minimum Gasteiger partial charge on any atom is -0.462 e. The van der Waals surface area contributed by atoms with Gasteiger partial charge in [-0.05, 0) is 64.2 Å². The first-order chi connectivity index (χ1) is 29.5. The van der Waals surface area contributed by atoms with Crippen LogP contribution >= 0.6 is 0 Å². The molecule has 0 saturated carbocycles. The van der Waals surface area contributed by atoms with Crippen LogP contribution in [0.15, 0.2) is 72.9 Å². The van der Waals surface area contributed by atoms with E-state index in [-0.39, 0.29) is 31.3 Å². The zero-order valence-corrected chi connectivity index (χ0v) is 39.3. The van der Waals surface area contributed by atoms with Crippen molar-refractivity contribution < 1.29 is 24.5 Å². The summed E-state index contributed by atoms with van der Waals surface area (Å²) in [6, 6.07) is -0.727. The third-order valence-corrected chi connectivity index (χ3v) is 11.1. The summed E-state index contributed by atoms with van der Waals surface area (Å²) in [6.07, 6.45) is 59.7. The molecular weight excluding hydrogens is 743 g/mol. The van der Waals surface area contributed by atoms with Gasteiger partial charge in [-0.15, -0.1) is 0 Å². The number of carbonyl (C=O) groups excluding carboxylic acids is 2. The van der Waals surface area contributed by atoms with Crippen molar-refractivity contribution in [3.05, 3.63) is 72.9 Å². The SMILES string of the molecule is CC/C=C/C=C/C=C/C=C\CCCCCC(CC(=O)NC(CO)C(O)CCCCCCCCCCCCCCCCC)OC(=O)CC/C=C/C/C=C\CCCCCCCC. The lowest BCUT2D eigenvalue weighted by Gasteiger charge is -2.24. The maximum absolute atomic E-state index is 13.2. The summed E-state index contributed by atoms with van der Waals surface area (Å²) in [5.41, 5.74) is 0. The monoisotopic (exact) mass is 838 g/mol. The molecule has 3 unspecified atom stereocenters. The van der Waals surface area contributed by atoms with Crippen LogP contribution in [0.4, 0.5) is 0 Å². The number of rotatable bonds is 44. The molecular formula is C54H95NO5. The smallest absolute Gasteiger partial charge is 0.306 e. The van der Waals surface area contributed by atoms with Crippen molar-refractivity contribution in [2.24, 2.45) is 0 Å². The molecule has 0 bridgehead atoms. The van der Waals surface area contributed by atoms with Crippen molar-refractivity contribution in [1.29, 1.82) is 0 Å². The van der Waals surface area contributed by atoms with Crippen LogP contribution in [0.25, 0.3) is 0 Å². The molecule has 3 atom stereocenters. The summed E-state index contributed by atoms with van der Waals surface area (Å²) in [4.78, 5) is 26.0. The van der Waals surface area contributed by atoms with Crippen LogP contribution in [0.5, 0.6) is 0 Å². The number of hydrogen-bond donors (Lipinski definition) is 3. The van der Waals surface area contributed by atoms with Gasteiger partial charge in [-0.2, -0.15) is 0 Å². The lowest BCUT2D eigenvalue weighted by molar-refractivity contribution is -0.150. The Morgan fingerprint density at radius 2 is 0.967 bits per heavy atom. The third-order valence-electron chi connectivity index (χ3n) is 11.1. The van der Waals surface area contributed by atoms with Gasteiger partial charge in [-0.3, -0.25) is 9.59 Å². The number of aliphatic hydroxyl groups excluding tert-OH is 2. The summed E-state index contributed by atoms with van der Waals surface area (Å²) in [6.45, 7) is 6.31. The van der Waals surface area contributed by atoms with Crippen LogP contribution in [0, 0.1) is 0 Å². The van der Waals surface area contributed by atoms with E-state index in [0.717, 1.165) is 64.2 Å². The third kappa shape index (κ3) is 42.0. The topological polar surface area (TPSA) is 95.9 Å². The first-order valence-electron chi connectivity index (χ1n) is 25.2. The molecule has 6 heteroatoms. The Hall–Kier alpha value is -2.70. The Bertz CT molecular complexity index is 1120. The van der Waals surface area contributed by atoms with Gasteiger partial charge in [-0.25, -0.2) is 0 Å². The molecule has 0 aromatic carbocycles. The fourth-order valence-corrected chi connectivity index (χ4v) is 7.32. The van der Waals surface area contributed by atoms with Crippen molar-refractivity contribution in [3.8, 4) is 0 Å². The minimum atomic E-state index is -0.809. The molecule has 0 heterocycles. The normalized spacial score (nSPS) is 13.9. The van der Waals surface area contributed by atoms with Gasteiger partial charge in [0.15, 0.2) is 0 Å². The Morgan fingerprint density at radius 1 is 0.517 bits per heavy atom. The molecule has 0 aromatic rings. The van der Waals surface area contributed by atoms with Crippen molar-refractivity contribution in [1.82, 2.24) is 5.32 Å². The first-order valence-corrected chi connectivity index (χ1v) is 25.2. The fourth-order valence-electron chi connectivity index (χ4n) is 7.32. The van der Waals surface area contributed by atoms with Crippen LogP contribution in [0.3, 0.4) is 0 Å². The molecule has 0 aromatic heterocycles. The number of esters is 1. The van der Waals surface area contributed by atoms with E-state index in [2.05, 4.69) is 62.5 Å². The van der Waals surface area contributed by atoms with Crippen LogP contribution in [-0.2, 0) is 14.3 Å². The van der Waals surface area contributed by atoms with Crippen molar-refractivity contribution in [2.75, 3.05) is 6.61 Å². The summed E-state index contributed by atoms with van der Waals surface area (Å²) >= 11 is 0. The van der Waals surface area contributed by atoms with E-state index in [0.29, 0.717) is 19.3 Å². The molecule has 346 valence electrons. The Labute approximate surface area is 371 Å². The summed E-state index contributed by atoms with van der Waals surface area (Å²) in [7, 11) is 0. The number of unbranched alkanes of at least 4 members (excludes halogenated alkanes) is 23. The molecule has 0 fully saturated rings. The highest BCUT2D eigenvalue weighted by atomic mass is 16.5. The van der Waals surface area contributed by atoms with Gasteiger partial charge in [0.1, 0.15) is 6.10 Å². The molecule has 0 aliphatic heterocycles. The fraction of sp³-hybridized carbons (Fsp3) is 0.741. The highest BCUT2D eigenvalue weighted by Gasteiger charge is 2.24. The summed E-state index contributed by atoms with van der Waals surface area (Å²) in [5.74, 6) is -0.596. The molecule has 3 N–H and O–H groups in total. The largest absolute Gasteiger partial charge is 0.462 e. The number of nitrogens with one attached hydrogen (secondary N) is 1. The summed E-state index contributed by atoms with van der Waals surface area (Å²) < 4.78 is 5.86. The standard InChI is InChI=1S/C54H95NO5/c1-4-7-10-13-16-19-22-25-26-29-31-34-37-40-43-46-52(57)51(49-56)55-53(58)48-50(45-42-39-36-33-30-27-23-20-17-14-11-8-5-2)60-54(59)47-44-41-38-35-32-28-24-21-18-15-12-9-6-3/h8,11,14,17,20,23,27-28,30,32,38,41,50-52,56-57H,4-7,9-10,12-13,15-16,18-19,21-22,24-26,29,31,33-37,39-40,42-49H2,1-3H3,(H,55,58)/b11-8+,17-14+,23-20+,30-27-,32-28-,41-38+. The second kappa shape index (κ2) is 47.4. The van der Waals surface area contributed by atoms with E-state index in [9.17, 15) is 19.8 Å². The predicted octanol–water partition coefficient (Wildman–Crippen LogP) is 15.0. The van der Waals surface area contributed by atoms with E-state index < -0.39 is 18.2 Å². The van der Waals surface area contributed by atoms with Gasteiger partial charge in [0.2, 0.25) is 5.91 Å². The maximum atomic E-state index is 13.2. The lowest BCUT2D eigenvalue weighted by Crippen LogP contribution is -2.46. The van der Waals surface area contributed by atoms with Crippen LogP contribution in [0.1, 0.15) is 233 Å². The molecule has 6 nitrogen and oxygen atoms in total. The van der Waals surface area contributed by atoms with Gasteiger partial charge in [0, 0.05) is 6.42 Å². The Balaban J connectivity index is 4.68. The lowest BCUT2D eigenvalue weighted by atomic mass is 10.0. The number of ether oxygens (including phenoxy) is 1. The minimum absolute atomic E-state index is 0.0266. The molecule has 1 amide bonds. The van der Waals surface area contributed by atoms with Crippen molar-refractivity contribution in [2.45, 2.75) is 251 Å². The van der Waals surface area contributed by atoms with E-state index in [1.54, 1.807) is 0 Å². The van der Waals surface area contributed by atoms with Gasteiger partial charge < -0.3 is 20.3 Å². The molecule has 0 aliphatic carbocycles. The number of amides is 1. The molecule has 0 radical (unpaired) electrons. The molecule has 0 saturated heterocycles. The summed E-state index contributed by atoms with van der Waals surface area (Å²) in [5, 5.41) is 23.7. The van der Waals surface area contributed by atoms with Gasteiger partial charge >= 0.3 is 5.97 Å². The Kier molecular flexibility index (Phi) is 45.2. The molecule has 0 aliphatic rings. The molecule has 0 spiro atoms. The van der Waals surface area contributed by atoms with Crippen LogP contribution < -0.4 is 5.32 Å². The highest BCUT2D eigenvalue weighted by molar-refractivity contribution is 5.77. The van der Waals surface area contributed by atoms with E-state index >= 15 is 0 Å². The van der Waals surface area contributed by atoms with E-state index in [1.165, 1.54) is 116 Å². The highest BCUT2D eigenvalue weighted by Crippen LogP contribution is 2.17. The number of aliphatic hydroxyl groups is 2. The Morgan fingerprint density at radius 3 is 1.52 bits per heavy atom. The van der Waals surface area contributed by atoms with Gasteiger partial charge in [-0.1, -0.05) is 229 Å².